The highest BCUT2D eigenvalue weighted by Crippen LogP contribution is 2.27. The molecule has 1 N–H and O–H groups in total. The SMILES string of the molecule is CCCN(c1cc(Br)ccc1CNC(C)C)C(C)C. The second-order valence-electron chi connectivity index (χ2n) is 5.60. The molecule has 0 unspecified atom stereocenters. The molecule has 0 radical (unpaired) electrons. The zero-order valence-electron chi connectivity index (χ0n) is 12.8. The molecule has 3 heteroatoms. The van der Waals surface area contributed by atoms with Crippen molar-refractivity contribution < 1.29 is 0 Å². The van der Waals surface area contributed by atoms with E-state index in [0.717, 1.165) is 17.6 Å². The molecule has 1 aromatic rings. The number of anilines is 1. The topological polar surface area (TPSA) is 15.3 Å². The van der Waals surface area contributed by atoms with Gasteiger partial charge in [0.05, 0.1) is 0 Å². The van der Waals surface area contributed by atoms with Crippen LogP contribution in [0.1, 0.15) is 46.6 Å². The maximum absolute atomic E-state index is 3.60. The minimum atomic E-state index is 0.509. The van der Waals surface area contributed by atoms with Crippen LogP contribution in [0.2, 0.25) is 0 Å². The lowest BCUT2D eigenvalue weighted by molar-refractivity contribution is 0.584. The predicted octanol–water partition coefficient (Wildman–Crippen LogP) is 4.57. The first-order valence-corrected chi connectivity index (χ1v) is 8.03. The molecule has 0 spiro atoms. The Morgan fingerprint density at radius 1 is 1.21 bits per heavy atom. The van der Waals surface area contributed by atoms with Crippen molar-refractivity contribution in [1.82, 2.24) is 5.32 Å². The standard InChI is InChI=1S/C16H27BrN2/c1-6-9-19(13(4)5)16-10-15(17)8-7-14(16)11-18-12(2)3/h7-8,10,12-13,18H,6,9,11H2,1-5H3. The van der Waals surface area contributed by atoms with Crippen LogP contribution >= 0.6 is 15.9 Å². The summed E-state index contributed by atoms with van der Waals surface area (Å²) in [6.45, 7) is 13.2. The Bertz CT molecular complexity index is 388. The maximum atomic E-state index is 3.60. The molecule has 19 heavy (non-hydrogen) atoms. The molecule has 0 aromatic heterocycles. The van der Waals surface area contributed by atoms with Crippen LogP contribution in [-0.4, -0.2) is 18.6 Å². The Balaban J connectivity index is 3.03. The van der Waals surface area contributed by atoms with Crippen LogP contribution < -0.4 is 10.2 Å². The van der Waals surface area contributed by atoms with E-state index in [4.69, 9.17) is 0 Å². The number of rotatable bonds is 7. The summed E-state index contributed by atoms with van der Waals surface area (Å²) in [7, 11) is 0. The Hall–Kier alpha value is -0.540. The van der Waals surface area contributed by atoms with E-state index in [9.17, 15) is 0 Å². The van der Waals surface area contributed by atoms with Gasteiger partial charge < -0.3 is 10.2 Å². The third kappa shape index (κ3) is 5.15. The van der Waals surface area contributed by atoms with Gasteiger partial charge in [-0.1, -0.05) is 42.8 Å². The Morgan fingerprint density at radius 3 is 2.42 bits per heavy atom. The van der Waals surface area contributed by atoms with E-state index in [0.29, 0.717) is 12.1 Å². The molecule has 2 nitrogen and oxygen atoms in total. The zero-order chi connectivity index (χ0) is 14.4. The molecule has 0 atom stereocenters. The van der Waals surface area contributed by atoms with Gasteiger partial charge >= 0.3 is 0 Å². The molecule has 0 bridgehead atoms. The number of nitrogens with zero attached hydrogens (tertiary/aromatic N) is 1. The van der Waals surface area contributed by atoms with Gasteiger partial charge in [0.1, 0.15) is 0 Å². The second kappa shape index (κ2) is 7.91. The zero-order valence-corrected chi connectivity index (χ0v) is 14.4. The van der Waals surface area contributed by atoms with Gasteiger partial charge in [-0.05, 0) is 38.0 Å². The molecule has 0 heterocycles. The fraction of sp³-hybridized carbons (Fsp3) is 0.625. The van der Waals surface area contributed by atoms with Gasteiger partial charge in [-0.3, -0.25) is 0 Å². The first-order chi connectivity index (χ1) is 8.95. The molecule has 108 valence electrons. The molecule has 0 aliphatic carbocycles. The maximum Gasteiger partial charge on any atom is 0.0425 e. The normalized spacial score (nSPS) is 11.4. The minimum absolute atomic E-state index is 0.509. The van der Waals surface area contributed by atoms with Crippen molar-refractivity contribution in [2.24, 2.45) is 0 Å². The lowest BCUT2D eigenvalue weighted by Gasteiger charge is -2.31. The van der Waals surface area contributed by atoms with Crippen molar-refractivity contribution in [3.05, 3.63) is 28.2 Å². The summed E-state index contributed by atoms with van der Waals surface area (Å²) < 4.78 is 1.15. The summed E-state index contributed by atoms with van der Waals surface area (Å²) in [5.41, 5.74) is 2.72. The van der Waals surface area contributed by atoms with Crippen molar-refractivity contribution in [2.75, 3.05) is 11.4 Å². The van der Waals surface area contributed by atoms with Crippen LogP contribution in [-0.2, 0) is 6.54 Å². The van der Waals surface area contributed by atoms with Crippen LogP contribution in [0.25, 0.3) is 0 Å². The van der Waals surface area contributed by atoms with Crippen molar-refractivity contribution >= 4 is 21.6 Å². The van der Waals surface area contributed by atoms with Gasteiger partial charge in [0.15, 0.2) is 0 Å². The molecular weight excluding hydrogens is 300 g/mol. The van der Waals surface area contributed by atoms with E-state index in [1.807, 2.05) is 0 Å². The summed E-state index contributed by atoms with van der Waals surface area (Å²) in [6, 6.07) is 7.63. The van der Waals surface area contributed by atoms with Gasteiger partial charge in [-0.15, -0.1) is 0 Å². The summed E-state index contributed by atoms with van der Waals surface area (Å²) in [4.78, 5) is 2.49. The van der Waals surface area contributed by atoms with E-state index in [2.05, 4.69) is 79.0 Å². The van der Waals surface area contributed by atoms with Gasteiger partial charge in [0, 0.05) is 35.3 Å². The molecule has 0 saturated heterocycles. The molecule has 0 aliphatic rings. The van der Waals surface area contributed by atoms with E-state index in [-0.39, 0.29) is 0 Å². The molecule has 1 rings (SSSR count). The number of nitrogens with one attached hydrogen (secondary N) is 1. The molecule has 1 aromatic carbocycles. The van der Waals surface area contributed by atoms with Gasteiger partial charge in [0.2, 0.25) is 0 Å². The molecular formula is C16H27BrN2. The molecule has 0 aliphatic heterocycles. The molecule has 0 amide bonds. The minimum Gasteiger partial charge on any atom is -0.369 e. The van der Waals surface area contributed by atoms with E-state index in [1.165, 1.54) is 17.7 Å². The van der Waals surface area contributed by atoms with Crippen molar-refractivity contribution in [1.29, 1.82) is 0 Å². The van der Waals surface area contributed by atoms with Crippen LogP contribution in [0.5, 0.6) is 0 Å². The Kier molecular flexibility index (Phi) is 6.87. The summed E-state index contributed by atoms with van der Waals surface area (Å²) in [5, 5.41) is 3.52. The molecule has 0 fully saturated rings. The summed E-state index contributed by atoms with van der Waals surface area (Å²) in [5.74, 6) is 0. The lowest BCUT2D eigenvalue weighted by atomic mass is 10.1. The van der Waals surface area contributed by atoms with E-state index < -0.39 is 0 Å². The summed E-state index contributed by atoms with van der Waals surface area (Å²) >= 11 is 3.60. The average molecular weight is 327 g/mol. The quantitative estimate of drug-likeness (QED) is 0.789. The average Bonchev–Trinajstić information content (AvgIpc) is 2.33. The predicted molar refractivity (Wildman–Crippen MR) is 88.9 cm³/mol. The smallest absolute Gasteiger partial charge is 0.0425 e. The first kappa shape index (κ1) is 16.5. The largest absolute Gasteiger partial charge is 0.369 e. The number of hydrogen-bond acceptors (Lipinski definition) is 2. The fourth-order valence-electron chi connectivity index (χ4n) is 2.17. The third-order valence-corrected chi connectivity index (χ3v) is 3.64. The first-order valence-electron chi connectivity index (χ1n) is 7.24. The van der Waals surface area contributed by atoms with E-state index >= 15 is 0 Å². The third-order valence-electron chi connectivity index (χ3n) is 3.15. The Labute approximate surface area is 126 Å². The van der Waals surface area contributed by atoms with Crippen LogP contribution in [0, 0.1) is 0 Å². The lowest BCUT2D eigenvalue weighted by Crippen LogP contribution is -2.33. The number of halogens is 1. The van der Waals surface area contributed by atoms with Crippen molar-refractivity contribution in [3.63, 3.8) is 0 Å². The highest BCUT2D eigenvalue weighted by Gasteiger charge is 2.14. The number of hydrogen-bond donors (Lipinski definition) is 1. The fourth-order valence-corrected chi connectivity index (χ4v) is 2.51. The van der Waals surface area contributed by atoms with Crippen LogP contribution in [0.4, 0.5) is 5.69 Å². The van der Waals surface area contributed by atoms with Crippen molar-refractivity contribution in [2.45, 2.75) is 59.7 Å². The molecule has 0 saturated carbocycles. The van der Waals surface area contributed by atoms with Crippen LogP contribution in [0.15, 0.2) is 22.7 Å². The van der Waals surface area contributed by atoms with Crippen molar-refractivity contribution in [3.8, 4) is 0 Å². The second-order valence-corrected chi connectivity index (χ2v) is 6.51. The highest BCUT2D eigenvalue weighted by atomic mass is 79.9. The monoisotopic (exact) mass is 326 g/mol. The van der Waals surface area contributed by atoms with Gasteiger partial charge in [-0.2, -0.15) is 0 Å². The van der Waals surface area contributed by atoms with E-state index in [1.54, 1.807) is 0 Å². The van der Waals surface area contributed by atoms with Crippen LogP contribution in [0.3, 0.4) is 0 Å². The highest BCUT2D eigenvalue weighted by molar-refractivity contribution is 9.10. The number of benzene rings is 1. The van der Waals surface area contributed by atoms with Gasteiger partial charge in [-0.25, -0.2) is 0 Å². The Morgan fingerprint density at radius 2 is 1.89 bits per heavy atom. The van der Waals surface area contributed by atoms with Gasteiger partial charge in [0.25, 0.3) is 0 Å². The summed E-state index contributed by atoms with van der Waals surface area (Å²) in [6.07, 6.45) is 1.17.